The van der Waals surface area contributed by atoms with Crippen LogP contribution >= 0.6 is 0 Å². The highest BCUT2D eigenvalue weighted by Crippen LogP contribution is 2.67. The number of benzene rings is 1. The van der Waals surface area contributed by atoms with E-state index < -0.39 is 0 Å². The third-order valence-electron chi connectivity index (χ3n) is 9.85. The fraction of sp³-hybridized carbons (Fsp3) is 0.679. The molecule has 1 aromatic rings. The Morgan fingerprint density at radius 1 is 0.967 bits per heavy atom. The summed E-state index contributed by atoms with van der Waals surface area (Å²) in [5.74, 6) is 3.12. The van der Waals surface area contributed by atoms with Crippen LogP contribution in [0.25, 0.3) is 6.08 Å². The summed E-state index contributed by atoms with van der Waals surface area (Å²) in [5, 5.41) is 0. The second kappa shape index (κ2) is 7.53. The number of carbonyl (C=O) groups excluding carboxylic acids is 1. The van der Waals surface area contributed by atoms with Gasteiger partial charge in [-0.1, -0.05) is 63.1 Å². The average molecular weight is 407 g/mol. The molecule has 2 heteroatoms. The number of fused-ring (bicyclic) bond motifs is 5. The van der Waals surface area contributed by atoms with E-state index in [1.807, 2.05) is 0 Å². The van der Waals surface area contributed by atoms with Crippen LogP contribution in [-0.4, -0.2) is 12.1 Å². The van der Waals surface area contributed by atoms with Crippen molar-refractivity contribution >= 4 is 12.0 Å². The molecule has 0 bridgehead atoms. The van der Waals surface area contributed by atoms with Crippen LogP contribution < -0.4 is 0 Å². The lowest BCUT2D eigenvalue weighted by molar-refractivity contribution is -0.159. The Labute approximate surface area is 182 Å². The first-order valence-corrected chi connectivity index (χ1v) is 12.3. The maximum absolute atomic E-state index is 12.1. The summed E-state index contributed by atoms with van der Waals surface area (Å²) >= 11 is 0. The molecule has 0 radical (unpaired) electrons. The molecule has 4 aliphatic carbocycles. The molecule has 4 saturated carbocycles. The highest BCUT2D eigenvalue weighted by atomic mass is 16.5. The maximum atomic E-state index is 12.1. The smallest absolute Gasteiger partial charge is 0.303 e. The maximum Gasteiger partial charge on any atom is 0.303 e. The Kier molecular flexibility index (Phi) is 5.11. The van der Waals surface area contributed by atoms with E-state index >= 15 is 0 Å². The van der Waals surface area contributed by atoms with E-state index in [1.165, 1.54) is 62.5 Å². The fourth-order valence-electron chi connectivity index (χ4n) is 8.41. The van der Waals surface area contributed by atoms with Gasteiger partial charge in [-0.15, -0.1) is 0 Å². The molecule has 162 valence electrons. The summed E-state index contributed by atoms with van der Waals surface area (Å²) in [5.41, 5.74) is 3.21. The van der Waals surface area contributed by atoms with Crippen LogP contribution in [0.3, 0.4) is 0 Å². The van der Waals surface area contributed by atoms with E-state index in [2.05, 4.69) is 50.3 Å². The van der Waals surface area contributed by atoms with Gasteiger partial charge < -0.3 is 4.74 Å². The average Bonchev–Trinajstić information content (AvgIpc) is 3.00. The van der Waals surface area contributed by atoms with Gasteiger partial charge in [0.05, 0.1) is 0 Å². The van der Waals surface area contributed by atoms with Gasteiger partial charge in [0.15, 0.2) is 0 Å². The summed E-state index contributed by atoms with van der Waals surface area (Å²) in [7, 11) is 0. The Hall–Kier alpha value is -1.57. The molecule has 5 rings (SSSR count). The lowest BCUT2D eigenvalue weighted by atomic mass is 9.45. The van der Waals surface area contributed by atoms with Gasteiger partial charge in [-0.2, -0.15) is 0 Å². The van der Waals surface area contributed by atoms with Crippen molar-refractivity contribution in [2.75, 3.05) is 0 Å². The van der Waals surface area contributed by atoms with Crippen molar-refractivity contribution in [3.05, 3.63) is 41.5 Å². The highest BCUT2D eigenvalue weighted by molar-refractivity contribution is 5.67. The van der Waals surface area contributed by atoms with E-state index in [9.17, 15) is 4.79 Å². The Morgan fingerprint density at radius 2 is 1.77 bits per heavy atom. The number of rotatable bonds is 2. The van der Waals surface area contributed by atoms with E-state index in [0.29, 0.717) is 11.3 Å². The summed E-state index contributed by atoms with van der Waals surface area (Å²) in [6.45, 7) is 6.65. The van der Waals surface area contributed by atoms with Crippen molar-refractivity contribution in [3.8, 4) is 0 Å². The highest BCUT2D eigenvalue weighted by Gasteiger charge is 2.61. The molecule has 0 amide bonds. The summed E-state index contributed by atoms with van der Waals surface area (Å²) in [6.07, 6.45) is 14.4. The molecule has 0 aliphatic heterocycles. The van der Waals surface area contributed by atoms with Crippen LogP contribution in [0, 0.1) is 34.5 Å². The van der Waals surface area contributed by atoms with Crippen molar-refractivity contribution in [1.82, 2.24) is 0 Å². The molecule has 7 atom stereocenters. The van der Waals surface area contributed by atoms with Gasteiger partial charge in [0.1, 0.15) is 6.10 Å². The number of hydrogen-bond acceptors (Lipinski definition) is 2. The number of ether oxygens (including phenoxy) is 1. The molecule has 2 nitrogen and oxygen atoms in total. The van der Waals surface area contributed by atoms with E-state index in [1.54, 1.807) is 6.92 Å². The molecular formula is C28H38O2. The predicted molar refractivity (Wildman–Crippen MR) is 122 cm³/mol. The Balaban J connectivity index is 1.50. The number of carbonyl (C=O) groups is 1. The topological polar surface area (TPSA) is 26.3 Å². The summed E-state index contributed by atoms with van der Waals surface area (Å²) < 4.78 is 6.07. The molecule has 0 spiro atoms. The summed E-state index contributed by atoms with van der Waals surface area (Å²) in [6, 6.07) is 10.6. The van der Waals surface area contributed by atoms with E-state index in [4.69, 9.17) is 4.74 Å². The first kappa shape index (κ1) is 20.3. The first-order chi connectivity index (χ1) is 14.4. The molecular weight excluding hydrogens is 368 g/mol. The van der Waals surface area contributed by atoms with Gasteiger partial charge in [0, 0.05) is 12.3 Å². The van der Waals surface area contributed by atoms with Crippen molar-refractivity contribution in [2.45, 2.75) is 84.7 Å². The van der Waals surface area contributed by atoms with Crippen LogP contribution in [0.2, 0.25) is 0 Å². The minimum absolute atomic E-state index is 0.0574. The third-order valence-corrected chi connectivity index (χ3v) is 9.85. The quantitative estimate of drug-likeness (QED) is 0.492. The van der Waals surface area contributed by atoms with Crippen LogP contribution in [0.1, 0.15) is 84.1 Å². The monoisotopic (exact) mass is 406 g/mol. The largest absolute Gasteiger partial charge is 0.457 e. The number of esters is 1. The molecule has 30 heavy (non-hydrogen) atoms. The first-order valence-electron chi connectivity index (χ1n) is 12.3. The van der Waals surface area contributed by atoms with Crippen molar-refractivity contribution in [2.24, 2.45) is 34.5 Å². The molecule has 4 fully saturated rings. The minimum atomic E-state index is -0.133. The normalized spacial score (nSPS) is 44.1. The van der Waals surface area contributed by atoms with Crippen LogP contribution in [0.5, 0.6) is 0 Å². The Bertz CT molecular complexity index is 826. The molecule has 0 heterocycles. The fourth-order valence-corrected chi connectivity index (χ4v) is 8.41. The SMILES string of the molecule is CC(=O)O[C@@H]1/C(=C/c2ccccc2)C[C@@H]2[C@@H]3CC[C@H]4CCCC[C@]4(C)[C@H]3CC[C@]12C. The second-order valence-corrected chi connectivity index (χ2v) is 11.3. The second-order valence-electron chi connectivity index (χ2n) is 11.3. The third kappa shape index (κ3) is 3.17. The molecule has 0 saturated heterocycles. The minimum Gasteiger partial charge on any atom is -0.457 e. The standard InChI is InChI=1S/C28H38O2/c1-19(29)30-26-21(17-20-9-5-4-6-10-20)18-25-23-13-12-22-11-7-8-15-27(22,2)24(23)14-16-28(25,26)3/h4-6,9-10,17,22-26H,7-8,11-16,18H2,1-3H3/b21-17+/t22-,23-,24+,25-,26-,27+,28+/m1/s1. The van der Waals surface area contributed by atoms with Gasteiger partial charge in [0.25, 0.3) is 0 Å². The van der Waals surface area contributed by atoms with Crippen molar-refractivity contribution in [3.63, 3.8) is 0 Å². The van der Waals surface area contributed by atoms with Crippen molar-refractivity contribution in [1.29, 1.82) is 0 Å². The van der Waals surface area contributed by atoms with Crippen molar-refractivity contribution < 1.29 is 9.53 Å². The van der Waals surface area contributed by atoms with E-state index in [-0.39, 0.29) is 17.5 Å². The van der Waals surface area contributed by atoms with E-state index in [0.717, 1.165) is 24.2 Å². The van der Waals surface area contributed by atoms with Gasteiger partial charge in [0.2, 0.25) is 0 Å². The zero-order valence-electron chi connectivity index (χ0n) is 19.0. The van der Waals surface area contributed by atoms with Gasteiger partial charge in [-0.3, -0.25) is 4.79 Å². The molecule has 4 aliphatic rings. The summed E-state index contributed by atoms with van der Waals surface area (Å²) in [4.78, 5) is 12.1. The molecule has 0 N–H and O–H groups in total. The molecule has 1 aromatic carbocycles. The number of hydrogen-bond donors (Lipinski definition) is 0. The van der Waals surface area contributed by atoms with Crippen LogP contribution in [0.15, 0.2) is 35.9 Å². The van der Waals surface area contributed by atoms with Gasteiger partial charge >= 0.3 is 5.97 Å². The zero-order chi connectivity index (χ0) is 20.9. The van der Waals surface area contributed by atoms with Crippen LogP contribution in [0.4, 0.5) is 0 Å². The zero-order valence-corrected chi connectivity index (χ0v) is 19.0. The Morgan fingerprint density at radius 3 is 2.53 bits per heavy atom. The van der Waals surface area contributed by atoms with Gasteiger partial charge in [-0.05, 0) is 85.2 Å². The molecule has 0 aromatic heterocycles. The predicted octanol–water partition coefficient (Wildman–Crippen LogP) is 7.04. The molecule has 0 unspecified atom stereocenters. The van der Waals surface area contributed by atoms with Crippen LogP contribution in [-0.2, 0) is 9.53 Å². The lowest BCUT2D eigenvalue weighted by Crippen LogP contribution is -2.53. The lowest BCUT2D eigenvalue weighted by Gasteiger charge is -2.60. The van der Waals surface area contributed by atoms with Gasteiger partial charge in [-0.25, -0.2) is 0 Å².